The van der Waals surface area contributed by atoms with E-state index in [1.54, 1.807) is 12.1 Å². The first-order valence-corrected chi connectivity index (χ1v) is 6.42. The molecule has 19 heavy (non-hydrogen) atoms. The van der Waals surface area contributed by atoms with E-state index in [4.69, 9.17) is 10.5 Å². The fraction of sp³-hybridized carbons (Fsp3) is 0.538. The Morgan fingerprint density at radius 2 is 2.11 bits per heavy atom. The molecule has 6 nitrogen and oxygen atoms in total. The van der Waals surface area contributed by atoms with E-state index >= 15 is 0 Å². The van der Waals surface area contributed by atoms with Gasteiger partial charge in [-0.05, 0) is 25.0 Å². The van der Waals surface area contributed by atoms with Crippen LogP contribution in [0.2, 0.25) is 0 Å². The van der Waals surface area contributed by atoms with Crippen LogP contribution in [0.5, 0.6) is 0 Å². The summed E-state index contributed by atoms with van der Waals surface area (Å²) in [6.45, 7) is 1.55. The highest BCUT2D eigenvalue weighted by molar-refractivity contribution is 5.88. The van der Waals surface area contributed by atoms with Crippen molar-refractivity contribution in [3.8, 4) is 0 Å². The molecule has 2 unspecified atom stereocenters. The Morgan fingerprint density at radius 1 is 1.42 bits per heavy atom. The third-order valence-corrected chi connectivity index (χ3v) is 3.64. The maximum Gasteiger partial charge on any atom is 0.356 e. The molecule has 2 saturated heterocycles. The largest absolute Gasteiger partial charge is 0.464 e. The fourth-order valence-electron chi connectivity index (χ4n) is 2.72. The minimum Gasteiger partial charge on any atom is -0.464 e. The quantitative estimate of drug-likeness (QED) is 0.796. The molecule has 2 aliphatic rings. The number of methoxy groups -OCH3 is 1. The van der Waals surface area contributed by atoms with Crippen LogP contribution in [-0.4, -0.2) is 43.4 Å². The zero-order valence-electron chi connectivity index (χ0n) is 10.8. The van der Waals surface area contributed by atoms with Crippen LogP contribution >= 0.6 is 0 Å². The molecule has 2 fully saturated rings. The zero-order valence-corrected chi connectivity index (χ0v) is 10.8. The van der Waals surface area contributed by atoms with Gasteiger partial charge in [-0.2, -0.15) is 0 Å². The van der Waals surface area contributed by atoms with Crippen molar-refractivity contribution < 1.29 is 14.3 Å². The molecule has 0 spiro atoms. The minimum atomic E-state index is -0.447. The molecule has 0 amide bonds. The van der Waals surface area contributed by atoms with Crippen LogP contribution in [0.1, 0.15) is 23.3 Å². The first-order valence-electron chi connectivity index (χ1n) is 6.42. The van der Waals surface area contributed by atoms with E-state index in [1.807, 2.05) is 0 Å². The zero-order chi connectivity index (χ0) is 13.4. The number of morpholine rings is 1. The number of nitrogens with two attached hydrogens (primary N) is 1. The highest BCUT2D eigenvalue weighted by Crippen LogP contribution is 2.31. The number of fused-ring (bicyclic) bond motifs is 2. The molecule has 0 saturated carbocycles. The van der Waals surface area contributed by atoms with E-state index < -0.39 is 5.97 Å². The van der Waals surface area contributed by atoms with Gasteiger partial charge in [-0.3, -0.25) is 0 Å². The van der Waals surface area contributed by atoms with Crippen LogP contribution in [0.3, 0.4) is 0 Å². The maximum absolute atomic E-state index is 11.5. The summed E-state index contributed by atoms with van der Waals surface area (Å²) in [5, 5.41) is 0. The van der Waals surface area contributed by atoms with Gasteiger partial charge >= 0.3 is 5.97 Å². The van der Waals surface area contributed by atoms with Crippen LogP contribution in [-0.2, 0) is 9.47 Å². The van der Waals surface area contributed by atoms with Gasteiger partial charge < -0.3 is 20.1 Å². The molecule has 1 aromatic rings. The van der Waals surface area contributed by atoms with E-state index in [0.29, 0.717) is 11.5 Å². The van der Waals surface area contributed by atoms with Crippen molar-refractivity contribution in [2.45, 2.75) is 25.0 Å². The standard InChI is InChI=1S/C13H17N3O3/c1-18-13(17)11-5-4-10(14)12(15-11)16-6-8-2-3-9(7-16)19-8/h4-5,8-9H,2-3,6-7,14H2,1H3. The summed E-state index contributed by atoms with van der Waals surface area (Å²) in [6, 6.07) is 3.28. The summed E-state index contributed by atoms with van der Waals surface area (Å²) in [5.74, 6) is 0.209. The Bertz CT molecular complexity index is 494. The Balaban J connectivity index is 1.89. The monoisotopic (exact) mass is 263 g/mol. The lowest BCUT2D eigenvalue weighted by atomic mass is 10.2. The number of hydrogen-bond acceptors (Lipinski definition) is 6. The summed E-state index contributed by atoms with van der Waals surface area (Å²) in [6.07, 6.45) is 2.67. The van der Waals surface area contributed by atoms with E-state index in [9.17, 15) is 4.79 Å². The summed E-state index contributed by atoms with van der Waals surface area (Å²) in [7, 11) is 1.34. The number of nitrogens with zero attached hydrogens (tertiary/aromatic N) is 2. The summed E-state index contributed by atoms with van der Waals surface area (Å²) in [5.41, 5.74) is 6.84. The lowest BCUT2D eigenvalue weighted by molar-refractivity contribution is 0.0302. The van der Waals surface area contributed by atoms with Gasteiger partial charge in [0.1, 0.15) is 0 Å². The predicted molar refractivity (Wildman–Crippen MR) is 70.1 cm³/mol. The summed E-state index contributed by atoms with van der Waals surface area (Å²) < 4.78 is 10.5. The number of aromatic nitrogens is 1. The highest BCUT2D eigenvalue weighted by Gasteiger charge is 2.35. The Hall–Kier alpha value is -1.82. The van der Waals surface area contributed by atoms with Crippen LogP contribution in [0.25, 0.3) is 0 Å². The number of anilines is 2. The fourth-order valence-corrected chi connectivity index (χ4v) is 2.72. The van der Waals surface area contributed by atoms with Gasteiger partial charge in [-0.25, -0.2) is 9.78 Å². The second-order valence-electron chi connectivity index (χ2n) is 4.96. The molecule has 2 atom stereocenters. The smallest absolute Gasteiger partial charge is 0.356 e. The molecule has 0 aromatic carbocycles. The van der Waals surface area contributed by atoms with Crippen LogP contribution in [0.4, 0.5) is 11.5 Å². The average Bonchev–Trinajstić information content (AvgIpc) is 2.77. The molecule has 3 rings (SSSR count). The van der Waals surface area contributed by atoms with Crippen molar-refractivity contribution in [3.05, 3.63) is 17.8 Å². The number of hydrogen-bond donors (Lipinski definition) is 1. The normalized spacial score (nSPS) is 25.4. The third-order valence-electron chi connectivity index (χ3n) is 3.64. The predicted octanol–water partition coefficient (Wildman–Crippen LogP) is 0.818. The summed E-state index contributed by atoms with van der Waals surface area (Å²) >= 11 is 0. The van der Waals surface area contributed by atoms with Crippen molar-refractivity contribution in [3.63, 3.8) is 0 Å². The molecule has 102 valence electrons. The van der Waals surface area contributed by atoms with Crippen molar-refractivity contribution >= 4 is 17.5 Å². The molecule has 2 N–H and O–H groups in total. The maximum atomic E-state index is 11.5. The molecule has 0 radical (unpaired) electrons. The van der Waals surface area contributed by atoms with Crippen LogP contribution < -0.4 is 10.6 Å². The number of carbonyl (C=O) groups is 1. The number of esters is 1. The SMILES string of the molecule is COC(=O)c1ccc(N)c(N2CC3CCC(C2)O3)n1. The molecule has 2 bridgehead atoms. The van der Waals surface area contributed by atoms with Gasteiger partial charge in [-0.15, -0.1) is 0 Å². The average molecular weight is 263 g/mol. The van der Waals surface area contributed by atoms with Crippen molar-refractivity contribution in [1.29, 1.82) is 0 Å². The first kappa shape index (κ1) is 12.2. The summed E-state index contributed by atoms with van der Waals surface area (Å²) in [4.78, 5) is 18.0. The van der Waals surface area contributed by atoms with E-state index in [2.05, 4.69) is 14.6 Å². The Kier molecular flexibility index (Phi) is 3.02. The lowest BCUT2D eigenvalue weighted by Gasteiger charge is -2.33. The number of nitrogen functional groups attached to an aromatic ring is 1. The number of rotatable bonds is 2. The molecule has 3 heterocycles. The van der Waals surface area contributed by atoms with E-state index in [-0.39, 0.29) is 17.9 Å². The second kappa shape index (κ2) is 4.70. The molecule has 0 aliphatic carbocycles. The van der Waals surface area contributed by atoms with Gasteiger partial charge in [0.05, 0.1) is 25.0 Å². The van der Waals surface area contributed by atoms with Crippen molar-refractivity contribution in [2.24, 2.45) is 0 Å². The molecule has 2 aliphatic heterocycles. The number of carbonyl (C=O) groups excluding carboxylic acids is 1. The van der Waals surface area contributed by atoms with Gasteiger partial charge in [-0.1, -0.05) is 0 Å². The molecule has 6 heteroatoms. The van der Waals surface area contributed by atoms with Gasteiger partial charge in [0, 0.05) is 13.1 Å². The third kappa shape index (κ3) is 2.23. The molecular formula is C13H17N3O3. The number of pyridine rings is 1. The van der Waals surface area contributed by atoms with Gasteiger partial charge in [0.25, 0.3) is 0 Å². The van der Waals surface area contributed by atoms with E-state index in [0.717, 1.165) is 25.9 Å². The van der Waals surface area contributed by atoms with Gasteiger partial charge in [0.15, 0.2) is 11.5 Å². The van der Waals surface area contributed by atoms with Crippen LogP contribution in [0.15, 0.2) is 12.1 Å². The topological polar surface area (TPSA) is 77.7 Å². The molecule has 1 aromatic heterocycles. The Morgan fingerprint density at radius 3 is 2.74 bits per heavy atom. The molecular weight excluding hydrogens is 246 g/mol. The van der Waals surface area contributed by atoms with Gasteiger partial charge in [0.2, 0.25) is 0 Å². The highest BCUT2D eigenvalue weighted by atomic mass is 16.5. The lowest BCUT2D eigenvalue weighted by Crippen LogP contribution is -2.43. The minimum absolute atomic E-state index is 0.252. The van der Waals surface area contributed by atoms with Crippen molar-refractivity contribution in [1.82, 2.24) is 4.98 Å². The van der Waals surface area contributed by atoms with E-state index in [1.165, 1.54) is 7.11 Å². The Labute approximate surface area is 111 Å². The second-order valence-corrected chi connectivity index (χ2v) is 4.96. The van der Waals surface area contributed by atoms with Crippen molar-refractivity contribution in [2.75, 3.05) is 30.8 Å². The van der Waals surface area contributed by atoms with Crippen LogP contribution in [0, 0.1) is 0 Å². The first-order chi connectivity index (χ1) is 9.17. The number of ether oxygens (including phenoxy) is 2.